The van der Waals surface area contributed by atoms with Crippen LogP contribution < -0.4 is 0 Å². The van der Waals surface area contributed by atoms with Gasteiger partial charge < -0.3 is 4.74 Å². The monoisotopic (exact) mass is 366 g/mol. The van der Waals surface area contributed by atoms with Crippen molar-refractivity contribution in [2.45, 2.75) is 129 Å². The number of unbranched alkanes of at least 4 members (excludes halogenated alkanes) is 16. The van der Waals surface area contributed by atoms with E-state index in [1.807, 2.05) is 6.92 Å². The molecular formula is C24H46O2. The molecule has 0 atom stereocenters. The fourth-order valence-corrected chi connectivity index (χ4v) is 3.40. The standard InChI is InChI=1S/C24H46O2/c1-4-6-7-8-9-10-11-12-13-14-15-16-17-18-19-20-21-22-23(3)24(25)26-5-2/h3-22H2,1-2H3. The highest BCUT2D eigenvalue weighted by Gasteiger charge is 2.06. The first-order valence-corrected chi connectivity index (χ1v) is 11.6. The zero-order chi connectivity index (χ0) is 19.3. The molecule has 0 radical (unpaired) electrons. The first kappa shape index (κ1) is 25.2. The van der Waals surface area contributed by atoms with Gasteiger partial charge >= 0.3 is 5.97 Å². The molecule has 2 heteroatoms. The molecule has 0 aliphatic rings. The van der Waals surface area contributed by atoms with Crippen LogP contribution in [0.1, 0.15) is 129 Å². The molecule has 0 saturated heterocycles. The Labute approximate surface area is 164 Å². The number of carbonyl (C=O) groups excluding carboxylic acids is 1. The van der Waals surface area contributed by atoms with Crippen LogP contribution in [0.25, 0.3) is 0 Å². The summed E-state index contributed by atoms with van der Waals surface area (Å²) >= 11 is 0. The smallest absolute Gasteiger partial charge is 0.333 e. The first-order chi connectivity index (χ1) is 12.7. The molecule has 0 aromatic carbocycles. The van der Waals surface area contributed by atoms with Crippen molar-refractivity contribution in [3.63, 3.8) is 0 Å². The van der Waals surface area contributed by atoms with Crippen molar-refractivity contribution in [3.05, 3.63) is 12.2 Å². The van der Waals surface area contributed by atoms with Crippen LogP contribution in [-0.4, -0.2) is 12.6 Å². The normalized spacial score (nSPS) is 10.8. The average molecular weight is 367 g/mol. The molecule has 0 aromatic heterocycles. The molecule has 0 spiro atoms. The highest BCUT2D eigenvalue weighted by atomic mass is 16.5. The van der Waals surface area contributed by atoms with Gasteiger partial charge in [-0.1, -0.05) is 116 Å². The van der Waals surface area contributed by atoms with Crippen LogP contribution in [0.4, 0.5) is 0 Å². The summed E-state index contributed by atoms with van der Waals surface area (Å²) in [4.78, 5) is 11.4. The number of esters is 1. The number of hydrogen-bond donors (Lipinski definition) is 0. The van der Waals surface area contributed by atoms with Crippen LogP contribution >= 0.6 is 0 Å². The maximum Gasteiger partial charge on any atom is 0.333 e. The molecule has 0 N–H and O–H groups in total. The van der Waals surface area contributed by atoms with Crippen LogP contribution in [-0.2, 0) is 9.53 Å². The average Bonchev–Trinajstić information content (AvgIpc) is 2.64. The predicted octanol–water partition coefficient (Wildman–Crippen LogP) is 8.15. The van der Waals surface area contributed by atoms with E-state index in [2.05, 4.69) is 13.5 Å². The first-order valence-electron chi connectivity index (χ1n) is 11.6. The molecule has 154 valence electrons. The summed E-state index contributed by atoms with van der Waals surface area (Å²) < 4.78 is 4.95. The third-order valence-corrected chi connectivity index (χ3v) is 5.15. The fraction of sp³-hybridized carbons (Fsp3) is 0.875. The van der Waals surface area contributed by atoms with E-state index in [4.69, 9.17) is 4.74 Å². The van der Waals surface area contributed by atoms with Gasteiger partial charge in [0.25, 0.3) is 0 Å². The van der Waals surface area contributed by atoms with E-state index in [1.165, 1.54) is 103 Å². The highest BCUT2D eigenvalue weighted by Crippen LogP contribution is 2.15. The lowest BCUT2D eigenvalue weighted by atomic mass is 10.0. The summed E-state index contributed by atoms with van der Waals surface area (Å²) in [7, 11) is 0. The minimum absolute atomic E-state index is 0.219. The van der Waals surface area contributed by atoms with Crippen molar-refractivity contribution in [1.82, 2.24) is 0 Å². The second-order valence-corrected chi connectivity index (χ2v) is 7.73. The van der Waals surface area contributed by atoms with Crippen molar-refractivity contribution in [2.75, 3.05) is 6.61 Å². The van der Waals surface area contributed by atoms with Crippen LogP contribution in [0.5, 0.6) is 0 Å². The topological polar surface area (TPSA) is 26.3 Å². The van der Waals surface area contributed by atoms with Gasteiger partial charge in [-0.25, -0.2) is 4.79 Å². The SMILES string of the molecule is C=C(CCCCCCCCCCCCCCCCCCC)C(=O)OCC. The highest BCUT2D eigenvalue weighted by molar-refractivity contribution is 5.87. The molecule has 2 nitrogen and oxygen atoms in total. The molecule has 0 aromatic rings. The Hall–Kier alpha value is -0.790. The van der Waals surface area contributed by atoms with Gasteiger partial charge in [-0.3, -0.25) is 0 Å². The Morgan fingerprint density at radius 1 is 0.615 bits per heavy atom. The second-order valence-electron chi connectivity index (χ2n) is 7.73. The molecule has 26 heavy (non-hydrogen) atoms. The van der Waals surface area contributed by atoms with Crippen molar-refractivity contribution >= 4 is 5.97 Å². The van der Waals surface area contributed by atoms with Gasteiger partial charge in [-0.15, -0.1) is 0 Å². The zero-order valence-corrected chi connectivity index (χ0v) is 18.0. The number of rotatable bonds is 20. The van der Waals surface area contributed by atoms with E-state index in [0.29, 0.717) is 12.2 Å². The van der Waals surface area contributed by atoms with Gasteiger partial charge in [0.05, 0.1) is 6.61 Å². The van der Waals surface area contributed by atoms with E-state index in [9.17, 15) is 4.79 Å². The van der Waals surface area contributed by atoms with Crippen molar-refractivity contribution < 1.29 is 9.53 Å². The molecular weight excluding hydrogens is 320 g/mol. The molecule has 0 aliphatic carbocycles. The molecule has 0 fully saturated rings. The summed E-state index contributed by atoms with van der Waals surface area (Å²) in [6, 6.07) is 0. The van der Waals surface area contributed by atoms with Crippen molar-refractivity contribution in [3.8, 4) is 0 Å². The summed E-state index contributed by atoms with van der Waals surface area (Å²) in [6.45, 7) is 8.37. The maximum atomic E-state index is 11.4. The molecule has 0 unspecified atom stereocenters. The summed E-state index contributed by atoms with van der Waals surface area (Å²) in [6.07, 6.45) is 24.2. The van der Waals surface area contributed by atoms with E-state index < -0.39 is 0 Å². The Bertz CT molecular complexity index is 322. The van der Waals surface area contributed by atoms with Gasteiger partial charge in [0.2, 0.25) is 0 Å². The van der Waals surface area contributed by atoms with E-state index in [-0.39, 0.29) is 5.97 Å². The summed E-state index contributed by atoms with van der Waals surface area (Å²) in [5.41, 5.74) is 0.632. The molecule has 0 aliphatic heterocycles. The van der Waals surface area contributed by atoms with Crippen molar-refractivity contribution in [1.29, 1.82) is 0 Å². The minimum Gasteiger partial charge on any atom is -0.463 e. The summed E-state index contributed by atoms with van der Waals surface area (Å²) in [5.74, 6) is -0.219. The maximum absolute atomic E-state index is 11.4. The number of hydrogen-bond acceptors (Lipinski definition) is 2. The molecule has 0 amide bonds. The Kier molecular flexibility index (Phi) is 19.9. The van der Waals surface area contributed by atoms with Crippen molar-refractivity contribution in [2.24, 2.45) is 0 Å². The largest absolute Gasteiger partial charge is 0.463 e. The lowest BCUT2D eigenvalue weighted by Crippen LogP contribution is -2.06. The van der Waals surface area contributed by atoms with Crippen LogP contribution in [0.15, 0.2) is 12.2 Å². The summed E-state index contributed by atoms with van der Waals surface area (Å²) in [5, 5.41) is 0. The Balaban J connectivity index is 3.13. The molecule has 0 rings (SSSR count). The van der Waals surface area contributed by atoms with Crippen LogP contribution in [0.2, 0.25) is 0 Å². The zero-order valence-electron chi connectivity index (χ0n) is 18.0. The lowest BCUT2D eigenvalue weighted by Gasteiger charge is -2.05. The number of ether oxygens (including phenoxy) is 1. The van der Waals surface area contributed by atoms with E-state index in [0.717, 1.165) is 12.8 Å². The quantitative estimate of drug-likeness (QED) is 0.123. The third-order valence-electron chi connectivity index (χ3n) is 5.15. The van der Waals surface area contributed by atoms with E-state index >= 15 is 0 Å². The fourth-order valence-electron chi connectivity index (χ4n) is 3.40. The van der Waals surface area contributed by atoms with Gasteiger partial charge in [0.15, 0.2) is 0 Å². The lowest BCUT2D eigenvalue weighted by molar-refractivity contribution is -0.138. The van der Waals surface area contributed by atoms with Gasteiger partial charge in [-0.05, 0) is 19.8 Å². The Morgan fingerprint density at radius 2 is 0.962 bits per heavy atom. The number of carbonyl (C=O) groups is 1. The van der Waals surface area contributed by atoms with Gasteiger partial charge in [0, 0.05) is 5.57 Å². The van der Waals surface area contributed by atoms with Gasteiger partial charge in [-0.2, -0.15) is 0 Å². The van der Waals surface area contributed by atoms with Gasteiger partial charge in [0.1, 0.15) is 0 Å². The van der Waals surface area contributed by atoms with Crippen LogP contribution in [0.3, 0.4) is 0 Å². The van der Waals surface area contributed by atoms with Crippen LogP contribution in [0, 0.1) is 0 Å². The minimum atomic E-state index is -0.219. The Morgan fingerprint density at radius 3 is 1.31 bits per heavy atom. The second kappa shape index (κ2) is 20.5. The third kappa shape index (κ3) is 18.0. The predicted molar refractivity (Wildman–Crippen MR) is 115 cm³/mol. The molecule has 0 saturated carbocycles. The van der Waals surface area contributed by atoms with E-state index in [1.54, 1.807) is 0 Å². The molecule has 0 heterocycles. The molecule has 0 bridgehead atoms.